The Morgan fingerprint density at radius 3 is 2.62 bits per heavy atom. The molecule has 1 N–H and O–H groups in total. The molecule has 1 saturated heterocycles. The smallest absolute Gasteiger partial charge is 0.243 e. The van der Waals surface area contributed by atoms with Crippen molar-refractivity contribution in [2.75, 3.05) is 25.5 Å². The number of benzene rings is 2. The number of anilines is 1. The average molecular weight is 437 g/mol. The first-order valence-electron chi connectivity index (χ1n) is 8.12. The Hall–Kier alpha value is -1.90. The number of nitrogens with one attached hydrogen (secondary N) is 1. The van der Waals surface area contributed by atoms with Crippen molar-refractivity contribution in [2.24, 2.45) is 0 Å². The Morgan fingerprint density at radius 2 is 1.92 bits per heavy atom. The fraction of sp³-hybridized carbons (Fsp3) is 0.278. The molecular formula is C18H17BrN2O4S. The third kappa shape index (κ3) is 2.55. The quantitative estimate of drug-likeness (QED) is 0.802. The largest absolute Gasteiger partial charge is 0.497 e. The van der Waals surface area contributed by atoms with Crippen molar-refractivity contribution in [1.29, 1.82) is 0 Å². The predicted molar refractivity (Wildman–Crippen MR) is 101 cm³/mol. The highest BCUT2D eigenvalue weighted by atomic mass is 79.9. The summed E-state index contributed by atoms with van der Waals surface area (Å²) >= 11 is 3.31. The molecule has 0 aromatic heterocycles. The predicted octanol–water partition coefficient (Wildman–Crippen LogP) is 2.74. The van der Waals surface area contributed by atoms with Crippen molar-refractivity contribution in [3.63, 3.8) is 0 Å². The first-order valence-corrected chi connectivity index (χ1v) is 10.4. The van der Waals surface area contributed by atoms with Gasteiger partial charge in [0, 0.05) is 23.2 Å². The minimum absolute atomic E-state index is 0.122. The van der Waals surface area contributed by atoms with Crippen LogP contribution in [0.2, 0.25) is 0 Å². The molecule has 8 heteroatoms. The van der Waals surface area contributed by atoms with Gasteiger partial charge in [-0.15, -0.1) is 0 Å². The van der Waals surface area contributed by atoms with E-state index in [9.17, 15) is 13.2 Å². The minimum Gasteiger partial charge on any atom is -0.497 e. The second-order valence-electron chi connectivity index (χ2n) is 6.49. The Kier molecular flexibility index (Phi) is 4.09. The number of nitrogens with zero attached hydrogens (tertiary/aromatic N) is 1. The van der Waals surface area contributed by atoms with E-state index in [0.717, 1.165) is 15.7 Å². The van der Waals surface area contributed by atoms with Crippen LogP contribution in [0, 0.1) is 0 Å². The van der Waals surface area contributed by atoms with E-state index in [-0.39, 0.29) is 17.3 Å². The Morgan fingerprint density at radius 1 is 1.19 bits per heavy atom. The molecule has 6 nitrogen and oxygen atoms in total. The molecule has 1 amide bonds. The molecule has 1 atom stereocenters. The maximum absolute atomic E-state index is 13.0. The lowest BCUT2D eigenvalue weighted by atomic mass is 9.81. The lowest BCUT2D eigenvalue weighted by Crippen LogP contribution is -2.39. The number of fused-ring (bicyclic) bond motifs is 2. The van der Waals surface area contributed by atoms with E-state index < -0.39 is 15.4 Å². The molecule has 2 aliphatic heterocycles. The second kappa shape index (κ2) is 6.07. The highest BCUT2D eigenvalue weighted by molar-refractivity contribution is 9.10. The van der Waals surface area contributed by atoms with Crippen molar-refractivity contribution < 1.29 is 17.9 Å². The van der Waals surface area contributed by atoms with E-state index in [0.29, 0.717) is 18.7 Å². The molecule has 136 valence electrons. The van der Waals surface area contributed by atoms with Gasteiger partial charge in [0.2, 0.25) is 15.9 Å². The standard InChI is InChI=1S/C18H17BrN2O4S/c1-25-13-4-7-16-15(10-13)18(17(22)20-16)8-9-21(11-18)26(23,24)14-5-2-12(19)3-6-14/h2-7,10H,8-9,11H2,1H3,(H,20,22). The Bertz CT molecular complexity index is 991. The van der Waals surface area contributed by atoms with Crippen LogP contribution < -0.4 is 10.1 Å². The first kappa shape index (κ1) is 17.5. The summed E-state index contributed by atoms with van der Waals surface area (Å²) in [5, 5.41) is 2.88. The van der Waals surface area contributed by atoms with Gasteiger partial charge in [-0.3, -0.25) is 4.79 Å². The molecule has 2 aromatic carbocycles. The van der Waals surface area contributed by atoms with Gasteiger partial charge in [0.25, 0.3) is 0 Å². The molecule has 1 spiro atoms. The molecule has 2 aromatic rings. The van der Waals surface area contributed by atoms with Crippen LogP contribution in [0.3, 0.4) is 0 Å². The van der Waals surface area contributed by atoms with E-state index >= 15 is 0 Å². The molecule has 0 aliphatic carbocycles. The summed E-state index contributed by atoms with van der Waals surface area (Å²) in [6, 6.07) is 11.9. The maximum Gasteiger partial charge on any atom is 0.243 e. The Balaban J connectivity index is 1.71. The molecule has 2 aliphatic rings. The van der Waals surface area contributed by atoms with Crippen molar-refractivity contribution in [2.45, 2.75) is 16.7 Å². The van der Waals surface area contributed by atoms with E-state index in [4.69, 9.17) is 4.74 Å². The van der Waals surface area contributed by atoms with Gasteiger partial charge < -0.3 is 10.1 Å². The molecule has 2 heterocycles. The number of methoxy groups -OCH3 is 1. The molecule has 1 unspecified atom stereocenters. The summed E-state index contributed by atoms with van der Waals surface area (Å²) in [7, 11) is -2.09. The summed E-state index contributed by atoms with van der Waals surface area (Å²) < 4.78 is 33.4. The van der Waals surface area contributed by atoms with Gasteiger partial charge in [-0.1, -0.05) is 15.9 Å². The first-order chi connectivity index (χ1) is 12.4. The van der Waals surface area contributed by atoms with Gasteiger partial charge in [0.1, 0.15) is 5.75 Å². The van der Waals surface area contributed by atoms with Crippen molar-refractivity contribution in [3.05, 3.63) is 52.5 Å². The highest BCUT2D eigenvalue weighted by Crippen LogP contribution is 2.46. The van der Waals surface area contributed by atoms with E-state index in [1.165, 1.54) is 4.31 Å². The topological polar surface area (TPSA) is 75.7 Å². The third-order valence-corrected chi connectivity index (χ3v) is 7.50. The summed E-state index contributed by atoms with van der Waals surface area (Å²) in [5.74, 6) is 0.489. The molecule has 26 heavy (non-hydrogen) atoms. The third-order valence-electron chi connectivity index (χ3n) is 5.11. The average Bonchev–Trinajstić information content (AvgIpc) is 3.19. The normalized spacial score (nSPS) is 22.5. The zero-order chi connectivity index (χ0) is 18.5. The number of hydrogen-bond donors (Lipinski definition) is 1. The van der Waals surface area contributed by atoms with Crippen molar-refractivity contribution in [3.8, 4) is 5.75 Å². The Labute approximate surface area is 160 Å². The second-order valence-corrected chi connectivity index (χ2v) is 9.34. The zero-order valence-electron chi connectivity index (χ0n) is 14.0. The van der Waals surface area contributed by atoms with Crippen molar-refractivity contribution in [1.82, 2.24) is 4.31 Å². The monoisotopic (exact) mass is 436 g/mol. The number of carbonyl (C=O) groups excluding carboxylic acids is 1. The van der Waals surface area contributed by atoms with Gasteiger partial charge in [0.15, 0.2) is 0 Å². The van der Waals surface area contributed by atoms with Crippen LogP contribution in [0.25, 0.3) is 0 Å². The van der Waals surface area contributed by atoms with Gasteiger partial charge in [0.05, 0.1) is 17.4 Å². The number of amides is 1. The van der Waals surface area contributed by atoms with Crippen LogP contribution in [0.1, 0.15) is 12.0 Å². The fourth-order valence-corrected chi connectivity index (χ4v) is 5.42. The zero-order valence-corrected chi connectivity index (χ0v) is 16.4. The van der Waals surface area contributed by atoms with E-state index in [1.54, 1.807) is 43.5 Å². The van der Waals surface area contributed by atoms with Crippen LogP contribution in [0.15, 0.2) is 51.8 Å². The maximum atomic E-state index is 13.0. The molecule has 1 fully saturated rings. The number of halogens is 1. The van der Waals surface area contributed by atoms with Crippen LogP contribution in [0.4, 0.5) is 5.69 Å². The van der Waals surface area contributed by atoms with Gasteiger partial charge >= 0.3 is 0 Å². The van der Waals surface area contributed by atoms with Crippen molar-refractivity contribution >= 4 is 37.5 Å². The SMILES string of the molecule is COc1ccc2c(c1)C1(CCN(S(=O)(=O)c3ccc(Br)cc3)C1)C(=O)N2. The molecule has 0 radical (unpaired) electrons. The summed E-state index contributed by atoms with van der Waals surface area (Å²) in [4.78, 5) is 13.0. The molecular weight excluding hydrogens is 420 g/mol. The van der Waals surface area contributed by atoms with Crippen LogP contribution in [-0.2, 0) is 20.2 Å². The van der Waals surface area contributed by atoms with Gasteiger partial charge in [-0.05, 0) is 54.4 Å². The van der Waals surface area contributed by atoms with E-state index in [2.05, 4.69) is 21.2 Å². The number of rotatable bonds is 3. The van der Waals surface area contributed by atoms with E-state index in [1.807, 2.05) is 6.07 Å². The summed E-state index contributed by atoms with van der Waals surface area (Å²) in [6.45, 7) is 0.417. The lowest BCUT2D eigenvalue weighted by molar-refractivity contribution is -0.120. The van der Waals surface area contributed by atoms with Crippen LogP contribution >= 0.6 is 15.9 Å². The lowest BCUT2D eigenvalue weighted by Gasteiger charge is -2.22. The number of hydrogen-bond acceptors (Lipinski definition) is 4. The minimum atomic E-state index is -3.66. The summed E-state index contributed by atoms with van der Waals surface area (Å²) in [6.07, 6.45) is 0.439. The molecule has 0 bridgehead atoms. The van der Waals surface area contributed by atoms with Crippen LogP contribution in [-0.4, -0.2) is 38.8 Å². The van der Waals surface area contributed by atoms with Gasteiger partial charge in [-0.25, -0.2) is 8.42 Å². The fourth-order valence-electron chi connectivity index (χ4n) is 3.66. The molecule has 0 saturated carbocycles. The number of ether oxygens (including phenoxy) is 1. The number of sulfonamides is 1. The molecule has 4 rings (SSSR count). The van der Waals surface area contributed by atoms with Crippen LogP contribution in [0.5, 0.6) is 5.75 Å². The number of carbonyl (C=O) groups is 1. The van der Waals surface area contributed by atoms with Gasteiger partial charge in [-0.2, -0.15) is 4.31 Å². The highest BCUT2D eigenvalue weighted by Gasteiger charge is 2.53. The summed E-state index contributed by atoms with van der Waals surface area (Å²) in [5.41, 5.74) is 0.654.